The minimum atomic E-state index is -0.694. The first kappa shape index (κ1) is 19.8. The second-order valence-electron chi connectivity index (χ2n) is 4.49. The third-order valence-electron chi connectivity index (χ3n) is 2.89. The molecule has 4 N–H and O–H groups in total. The quantitative estimate of drug-likeness (QED) is 0.449. The monoisotopic (exact) mass is 315 g/mol. The van der Waals surface area contributed by atoms with Crippen molar-refractivity contribution in [1.29, 1.82) is 0 Å². The summed E-state index contributed by atoms with van der Waals surface area (Å²) >= 11 is 1.52. The lowest BCUT2D eigenvalue weighted by molar-refractivity contribution is -0.136. The van der Waals surface area contributed by atoms with Gasteiger partial charge in [0.25, 0.3) is 0 Å². The predicted octanol–water partition coefficient (Wildman–Crippen LogP) is 2.51. The van der Waals surface area contributed by atoms with Crippen LogP contribution >= 0.6 is 11.8 Å². The first-order chi connectivity index (χ1) is 10.2. The number of rotatable bonds is 10. The molecule has 120 valence electrons. The average molecular weight is 315 g/mol. The number of carbonyl (C=O) groups is 1. The fraction of sp³-hybridized carbons (Fsp3) is 0.643. The highest BCUT2D eigenvalue weighted by Gasteiger charge is 2.17. The van der Waals surface area contributed by atoms with Gasteiger partial charge in [0.15, 0.2) is 0 Å². The minimum Gasteiger partial charge on any atom is -0.480 e. The summed E-state index contributed by atoms with van der Waals surface area (Å²) in [7, 11) is 0. The minimum absolute atomic E-state index is 0.284. The van der Waals surface area contributed by atoms with E-state index in [-0.39, 0.29) is 5.25 Å². The number of hydrogen-bond acceptors (Lipinski definition) is 6. The molecule has 0 amide bonds. The van der Waals surface area contributed by atoms with Crippen LogP contribution in [0, 0.1) is 0 Å². The van der Waals surface area contributed by atoms with Crippen molar-refractivity contribution in [2.75, 3.05) is 5.75 Å². The Kier molecular flexibility index (Phi) is 13.0. The van der Waals surface area contributed by atoms with Crippen LogP contribution in [0.5, 0.6) is 0 Å². The highest BCUT2D eigenvalue weighted by Crippen LogP contribution is 2.19. The highest BCUT2D eigenvalue weighted by molar-refractivity contribution is 8.00. The molecule has 1 aromatic rings. The van der Waals surface area contributed by atoms with Gasteiger partial charge in [-0.1, -0.05) is 32.6 Å². The largest absolute Gasteiger partial charge is 0.480 e. The van der Waals surface area contributed by atoms with Crippen molar-refractivity contribution in [2.24, 2.45) is 5.90 Å². The molecule has 0 bridgehead atoms. The summed E-state index contributed by atoms with van der Waals surface area (Å²) in [4.78, 5) is 19.3. The number of unbranched alkanes of at least 4 members (excludes halogenated alkanes) is 3. The molecular formula is C14H25N3O3S. The zero-order valence-corrected chi connectivity index (χ0v) is 13.3. The van der Waals surface area contributed by atoms with E-state index >= 15 is 0 Å². The van der Waals surface area contributed by atoms with Crippen LogP contribution in [0.4, 0.5) is 0 Å². The molecule has 6 nitrogen and oxygen atoms in total. The van der Waals surface area contributed by atoms with Gasteiger partial charge in [0.2, 0.25) is 0 Å². The number of carboxylic acids is 1. The van der Waals surface area contributed by atoms with E-state index in [1.165, 1.54) is 24.6 Å². The Labute approximate surface area is 130 Å². The Balaban J connectivity index is 0.00000191. The van der Waals surface area contributed by atoms with Gasteiger partial charge in [0.1, 0.15) is 5.25 Å². The predicted molar refractivity (Wildman–Crippen MR) is 84.4 cm³/mol. The fourth-order valence-electron chi connectivity index (χ4n) is 1.80. The van der Waals surface area contributed by atoms with Crippen molar-refractivity contribution in [3.63, 3.8) is 0 Å². The Hall–Kier alpha value is -1.18. The SMILES string of the molecule is CCCCCCC(SCCc1cnccn1)C(=O)O.NO. The lowest BCUT2D eigenvalue weighted by Crippen LogP contribution is -2.17. The number of aryl methyl sites for hydroxylation is 1. The number of thioether (sulfide) groups is 1. The maximum Gasteiger partial charge on any atom is 0.316 e. The molecule has 0 aromatic carbocycles. The van der Waals surface area contributed by atoms with Crippen molar-refractivity contribution >= 4 is 17.7 Å². The third kappa shape index (κ3) is 10.2. The molecule has 0 fully saturated rings. The summed E-state index contributed by atoms with van der Waals surface area (Å²) in [6, 6.07) is 0. The molecule has 1 atom stereocenters. The molecule has 1 unspecified atom stereocenters. The van der Waals surface area contributed by atoms with Crippen LogP contribution in [0.1, 0.15) is 44.7 Å². The summed E-state index contributed by atoms with van der Waals surface area (Å²) in [6.07, 6.45) is 11.1. The van der Waals surface area contributed by atoms with Crippen molar-refractivity contribution in [1.82, 2.24) is 9.97 Å². The molecule has 1 aromatic heterocycles. The summed E-state index contributed by atoms with van der Waals surface area (Å²) in [5.41, 5.74) is 0.921. The van der Waals surface area contributed by atoms with Crippen LogP contribution in [0.25, 0.3) is 0 Å². The van der Waals surface area contributed by atoms with Crippen molar-refractivity contribution in [2.45, 2.75) is 50.7 Å². The average Bonchev–Trinajstić information content (AvgIpc) is 2.52. The van der Waals surface area contributed by atoms with Crippen molar-refractivity contribution in [3.05, 3.63) is 24.3 Å². The number of nitrogens with two attached hydrogens (primary N) is 1. The second kappa shape index (κ2) is 13.8. The standard InChI is InChI=1S/C14H22N2O2S.H3NO/c1-2-3-4-5-6-13(14(17)18)19-10-7-12-11-15-8-9-16-12;1-2/h8-9,11,13H,2-7,10H2,1H3,(H,17,18);2H,1H2. The zero-order chi connectivity index (χ0) is 15.9. The molecule has 0 aliphatic rings. The van der Waals surface area contributed by atoms with Crippen molar-refractivity contribution < 1.29 is 15.1 Å². The molecule has 0 radical (unpaired) electrons. The van der Waals surface area contributed by atoms with E-state index in [4.69, 9.17) is 5.21 Å². The van der Waals surface area contributed by atoms with Gasteiger partial charge in [-0.15, -0.1) is 11.8 Å². The van der Waals surface area contributed by atoms with Crippen molar-refractivity contribution in [3.8, 4) is 0 Å². The molecule has 0 saturated heterocycles. The molecule has 0 spiro atoms. The third-order valence-corrected chi connectivity index (χ3v) is 4.17. The molecular weight excluding hydrogens is 290 g/mol. The van der Waals surface area contributed by atoms with Crippen LogP contribution in [0.15, 0.2) is 18.6 Å². The van der Waals surface area contributed by atoms with Crippen LogP contribution in [-0.4, -0.2) is 37.3 Å². The molecule has 7 heteroatoms. The van der Waals surface area contributed by atoms with Crippen LogP contribution < -0.4 is 5.90 Å². The normalized spacial score (nSPS) is 11.4. The van der Waals surface area contributed by atoms with E-state index in [1.54, 1.807) is 18.6 Å². The number of aromatic nitrogens is 2. The second-order valence-corrected chi connectivity index (χ2v) is 5.80. The van der Waals surface area contributed by atoms with Gasteiger partial charge in [-0.2, -0.15) is 0 Å². The van der Waals surface area contributed by atoms with Gasteiger partial charge >= 0.3 is 5.97 Å². The van der Waals surface area contributed by atoms with E-state index < -0.39 is 5.97 Å². The van der Waals surface area contributed by atoms with Gasteiger partial charge in [-0.05, 0) is 12.2 Å². The van der Waals surface area contributed by atoms with E-state index in [2.05, 4.69) is 22.8 Å². The van der Waals surface area contributed by atoms with Crippen LogP contribution in [-0.2, 0) is 11.2 Å². The fourth-order valence-corrected chi connectivity index (χ4v) is 2.89. The first-order valence-electron chi connectivity index (χ1n) is 7.09. The molecule has 1 heterocycles. The maximum atomic E-state index is 11.2. The molecule has 0 saturated carbocycles. The van der Waals surface area contributed by atoms with Gasteiger partial charge in [-0.3, -0.25) is 14.8 Å². The number of hydrogen-bond donors (Lipinski definition) is 3. The van der Waals surface area contributed by atoms with Gasteiger partial charge < -0.3 is 10.3 Å². The van der Waals surface area contributed by atoms with Crippen LogP contribution in [0.2, 0.25) is 0 Å². The van der Waals surface area contributed by atoms with Gasteiger partial charge in [-0.25, -0.2) is 5.90 Å². The van der Waals surface area contributed by atoms with Crippen LogP contribution in [0.3, 0.4) is 0 Å². The molecule has 0 aliphatic carbocycles. The van der Waals surface area contributed by atoms with E-state index in [0.717, 1.165) is 37.1 Å². The Morgan fingerprint density at radius 3 is 2.67 bits per heavy atom. The lowest BCUT2D eigenvalue weighted by atomic mass is 10.1. The van der Waals surface area contributed by atoms with Gasteiger partial charge in [0.05, 0.1) is 5.69 Å². The number of nitrogens with zero attached hydrogens (tertiary/aromatic N) is 2. The van der Waals surface area contributed by atoms with E-state index in [0.29, 0.717) is 0 Å². The Morgan fingerprint density at radius 2 is 2.10 bits per heavy atom. The summed E-state index contributed by atoms with van der Waals surface area (Å²) < 4.78 is 0. The molecule has 1 rings (SSSR count). The smallest absolute Gasteiger partial charge is 0.316 e. The van der Waals surface area contributed by atoms with E-state index in [1.807, 2.05) is 0 Å². The summed E-state index contributed by atoms with van der Waals surface area (Å²) in [5.74, 6) is 3.59. The van der Waals surface area contributed by atoms with E-state index in [9.17, 15) is 9.90 Å². The molecule has 0 aliphatic heterocycles. The zero-order valence-electron chi connectivity index (χ0n) is 12.4. The number of carboxylic acid groups (broad SMARTS) is 1. The summed E-state index contributed by atoms with van der Waals surface area (Å²) in [5, 5.41) is 15.4. The van der Waals surface area contributed by atoms with Gasteiger partial charge in [0, 0.05) is 25.0 Å². The highest BCUT2D eigenvalue weighted by atomic mass is 32.2. The topological polar surface area (TPSA) is 109 Å². The maximum absolute atomic E-state index is 11.2. The Morgan fingerprint density at radius 1 is 1.33 bits per heavy atom. The lowest BCUT2D eigenvalue weighted by Gasteiger charge is -2.11. The molecule has 21 heavy (non-hydrogen) atoms. The first-order valence-corrected chi connectivity index (χ1v) is 8.14. The number of aliphatic carboxylic acids is 1. The Bertz CT molecular complexity index is 366. The summed E-state index contributed by atoms with van der Waals surface area (Å²) in [6.45, 7) is 2.16.